The van der Waals surface area contributed by atoms with Crippen LogP contribution in [0, 0.1) is 0 Å². The Morgan fingerprint density at radius 3 is 2.31 bits per heavy atom. The van der Waals surface area contributed by atoms with Crippen LogP contribution in [0.25, 0.3) is 0 Å². The van der Waals surface area contributed by atoms with Gasteiger partial charge in [-0.3, -0.25) is 0 Å². The maximum atomic E-state index is 10.3. The number of phenolic OH excluding ortho intramolecular Hbond substituents is 1. The summed E-state index contributed by atoms with van der Waals surface area (Å²) in [7, 11) is 0. The molecule has 0 bridgehead atoms. The van der Waals surface area contributed by atoms with Crippen LogP contribution in [0.3, 0.4) is 0 Å². The average molecular weight is 238 g/mol. The van der Waals surface area contributed by atoms with Crippen LogP contribution >= 0.6 is 11.8 Å². The molecule has 1 aromatic carbocycles. The van der Waals surface area contributed by atoms with Crippen LogP contribution in [0.1, 0.15) is 32.1 Å². The molecule has 3 heteroatoms. The summed E-state index contributed by atoms with van der Waals surface area (Å²) < 4.78 is 0. The van der Waals surface area contributed by atoms with Gasteiger partial charge in [0.05, 0.1) is 5.60 Å². The summed E-state index contributed by atoms with van der Waals surface area (Å²) in [5.74, 6) is 1.05. The fraction of sp³-hybridized carbons (Fsp3) is 0.538. The van der Waals surface area contributed by atoms with E-state index >= 15 is 0 Å². The van der Waals surface area contributed by atoms with Crippen molar-refractivity contribution in [1.29, 1.82) is 0 Å². The highest BCUT2D eigenvalue weighted by Crippen LogP contribution is 2.33. The number of hydrogen-bond acceptors (Lipinski definition) is 3. The molecule has 2 N–H and O–H groups in total. The molecule has 0 amide bonds. The Hall–Kier alpha value is -0.670. The quantitative estimate of drug-likeness (QED) is 0.795. The molecule has 0 atom stereocenters. The highest BCUT2D eigenvalue weighted by atomic mass is 32.2. The first kappa shape index (κ1) is 11.8. The Bertz CT molecular complexity index is 328. The van der Waals surface area contributed by atoms with Gasteiger partial charge in [-0.15, -0.1) is 11.8 Å². The number of hydrogen-bond donors (Lipinski definition) is 2. The van der Waals surface area contributed by atoms with E-state index in [4.69, 9.17) is 5.11 Å². The summed E-state index contributed by atoms with van der Waals surface area (Å²) >= 11 is 1.67. The molecule has 1 aliphatic rings. The summed E-state index contributed by atoms with van der Waals surface area (Å²) in [6, 6.07) is 7.17. The molecule has 0 heterocycles. The SMILES string of the molecule is Oc1ccc(SCC2(O)CCCCC2)cc1. The Labute approximate surface area is 101 Å². The van der Waals surface area contributed by atoms with Gasteiger partial charge >= 0.3 is 0 Å². The van der Waals surface area contributed by atoms with E-state index in [2.05, 4.69) is 0 Å². The molecule has 88 valence electrons. The van der Waals surface area contributed by atoms with Gasteiger partial charge in [-0.05, 0) is 37.1 Å². The van der Waals surface area contributed by atoms with Crippen molar-refractivity contribution in [3.05, 3.63) is 24.3 Å². The van der Waals surface area contributed by atoms with Crippen LogP contribution in [-0.4, -0.2) is 21.6 Å². The third-order valence-corrected chi connectivity index (χ3v) is 4.42. The molecular formula is C13H18O2S. The Kier molecular flexibility index (Phi) is 3.77. The van der Waals surface area contributed by atoms with Crippen LogP contribution in [0.15, 0.2) is 29.2 Å². The molecule has 2 nitrogen and oxygen atoms in total. The molecule has 0 spiro atoms. The minimum absolute atomic E-state index is 0.292. The number of aromatic hydroxyl groups is 1. The van der Waals surface area contributed by atoms with Crippen molar-refractivity contribution in [2.75, 3.05) is 5.75 Å². The fourth-order valence-corrected chi connectivity index (χ4v) is 3.17. The molecule has 1 aliphatic carbocycles. The molecule has 1 saturated carbocycles. The molecule has 0 radical (unpaired) electrons. The van der Waals surface area contributed by atoms with E-state index in [9.17, 15) is 5.11 Å². The van der Waals surface area contributed by atoms with E-state index < -0.39 is 5.60 Å². The van der Waals surface area contributed by atoms with E-state index in [0.29, 0.717) is 5.75 Å². The molecule has 0 aromatic heterocycles. The fourth-order valence-electron chi connectivity index (χ4n) is 2.11. The van der Waals surface area contributed by atoms with Gasteiger partial charge in [-0.25, -0.2) is 0 Å². The van der Waals surface area contributed by atoms with Crippen molar-refractivity contribution in [1.82, 2.24) is 0 Å². The highest BCUT2D eigenvalue weighted by molar-refractivity contribution is 7.99. The maximum Gasteiger partial charge on any atom is 0.115 e. The molecule has 0 unspecified atom stereocenters. The van der Waals surface area contributed by atoms with E-state index in [1.54, 1.807) is 23.9 Å². The van der Waals surface area contributed by atoms with E-state index in [1.165, 1.54) is 6.42 Å². The lowest BCUT2D eigenvalue weighted by atomic mass is 9.86. The largest absolute Gasteiger partial charge is 0.508 e. The maximum absolute atomic E-state index is 10.3. The molecular weight excluding hydrogens is 220 g/mol. The molecule has 0 aliphatic heterocycles. The lowest BCUT2D eigenvalue weighted by Crippen LogP contribution is -2.33. The molecule has 1 fully saturated rings. The third kappa shape index (κ3) is 3.16. The van der Waals surface area contributed by atoms with Crippen molar-refractivity contribution in [2.24, 2.45) is 0 Å². The van der Waals surface area contributed by atoms with Gasteiger partial charge in [0.25, 0.3) is 0 Å². The normalized spacial score (nSPS) is 19.6. The smallest absolute Gasteiger partial charge is 0.115 e. The summed E-state index contributed by atoms with van der Waals surface area (Å²) in [5, 5.41) is 19.5. The lowest BCUT2D eigenvalue weighted by molar-refractivity contribution is 0.0273. The topological polar surface area (TPSA) is 40.5 Å². The van der Waals surface area contributed by atoms with Crippen LogP contribution in [0.5, 0.6) is 5.75 Å². The van der Waals surface area contributed by atoms with E-state index in [0.717, 1.165) is 36.3 Å². The summed E-state index contributed by atoms with van der Waals surface area (Å²) in [6.07, 6.45) is 5.40. The van der Waals surface area contributed by atoms with Crippen LogP contribution in [-0.2, 0) is 0 Å². The van der Waals surface area contributed by atoms with E-state index in [1.807, 2.05) is 12.1 Å². The molecule has 2 rings (SSSR count). The second-order valence-electron chi connectivity index (χ2n) is 4.57. The van der Waals surface area contributed by atoms with Gasteiger partial charge in [0.2, 0.25) is 0 Å². The van der Waals surface area contributed by atoms with Crippen molar-refractivity contribution in [3.8, 4) is 5.75 Å². The van der Waals surface area contributed by atoms with Gasteiger partial charge < -0.3 is 10.2 Å². The van der Waals surface area contributed by atoms with E-state index in [-0.39, 0.29) is 0 Å². The van der Waals surface area contributed by atoms with Crippen molar-refractivity contribution in [2.45, 2.75) is 42.6 Å². The zero-order chi connectivity index (χ0) is 11.4. The standard InChI is InChI=1S/C13H18O2S/c14-11-4-6-12(7-5-11)16-10-13(15)8-2-1-3-9-13/h4-7,14-15H,1-3,8-10H2. The summed E-state index contributed by atoms with van der Waals surface area (Å²) in [4.78, 5) is 1.11. The van der Waals surface area contributed by atoms with Crippen LogP contribution in [0.4, 0.5) is 0 Å². The van der Waals surface area contributed by atoms with Crippen molar-refractivity contribution < 1.29 is 10.2 Å². The van der Waals surface area contributed by atoms with Crippen molar-refractivity contribution in [3.63, 3.8) is 0 Å². The second kappa shape index (κ2) is 5.11. The Morgan fingerprint density at radius 1 is 1.06 bits per heavy atom. The summed E-state index contributed by atoms with van der Waals surface area (Å²) in [6.45, 7) is 0. The van der Waals surface area contributed by atoms with Gasteiger partial charge in [0.1, 0.15) is 5.75 Å². The second-order valence-corrected chi connectivity index (χ2v) is 5.62. The average Bonchev–Trinajstić information content (AvgIpc) is 2.29. The van der Waals surface area contributed by atoms with Gasteiger partial charge in [0, 0.05) is 10.6 Å². The number of aliphatic hydroxyl groups is 1. The number of thioether (sulfide) groups is 1. The number of phenols is 1. The van der Waals surface area contributed by atoms with Gasteiger partial charge in [0.15, 0.2) is 0 Å². The van der Waals surface area contributed by atoms with Crippen LogP contribution in [0.2, 0.25) is 0 Å². The minimum atomic E-state index is -0.471. The first-order valence-electron chi connectivity index (χ1n) is 5.82. The number of rotatable bonds is 3. The predicted molar refractivity (Wildman–Crippen MR) is 66.9 cm³/mol. The van der Waals surface area contributed by atoms with Gasteiger partial charge in [-0.2, -0.15) is 0 Å². The number of benzene rings is 1. The van der Waals surface area contributed by atoms with Gasteiger partial charge in [-0.1, -0.05) is 19.3 Å². The zero-order valence-electron chi connectivity index (χ0n) is 9.35. The summed E-state index contributed by atoms with van der Waals surface area (Å²) in [5.41, 5.74) is -0.471. The first-order chi connectivity index (χ1) is 7.68. The van der Waals surface area contributed by atoms with Crippen LogP contribution < -0.4 is 0 Å². The lowest BCUT2D eigenvalue weighted by Gasteiger charge is -2.31. The third-order valence-electron chi connectivity index (χ3n) is 3.13. The molecule has 0 saturated heterocycles. The monoisotopic (exact) mass is 238 g/mol. The first-order valence-corrected chi connectivity index (χ1v) is 6.81. The van der Waals surface area contributed by atoms with Crippen molar-refractivity contribution >= 4 is 11.8 Å². The molecule has 16 heavy (non-hydrogen) atoms. The minimum Gasteiger partial charge on any atom is -0.508 e. The Morgan fingerprint density at radius 2 is 1.69 bits per heavy atom. The highest BCUT2D eigenvalue weighted by Gasteiger charge is 2.28. The predicted octanol–water partition coefficient (Wildman–Crippen LogP) is 3.18. The Balaban J connectivity index is 1.88. The zero-order valence-corrected chi connectivity index (χ0v) is 10.2. The molecule has 1 aromatic rings.